The summed E-state index contributed by atoms with van der Waals surface area (Å²) in [6, 6.07) is 4.57. The Morgan fingerprint density at radius 3 is 3.00 bits per heavy atom. The summed E-state index contributed by atoms with van der Waals surface area (Å²) in [5.41, 5.74) is 0.953. The lowest BCUT2D eigenvalue weighted by atomic mass is 10.1. The highest BCUT2D eigenvalue weighted by atomic mass is 16.3. The molecule has 3 rings (SSSR count). The topological polar surface area (TPSA) is 39.6 Å². The molecule has 2 saturated heterocycles. The van der Waals surface area contributed by atoms with Crippen LogP contribution in [0.5, 0.6) is 0 Å². The van der Waals surface area contributed by atoms with E-state index < -0.39 is 6.10 Å². The Morgan fingerprint density at radius 1 is 1.32 bits per heavy atom. The van der Waals surface area contributed by atoms with Gasteiger partial charge in [0.1, 0.15) is 5.82 Å². The third-order valence-corrected chi connectivity index (χ3v) is 4.37. The average Bonchev–Trinajstić information content (AvgIpc) is 2.76. The largest absolute Gasteiger partial charge is 0.389 e. The van der Waals surface area contributed by atoms with E-state index in [-0.39, 0.29) is 0 Å². The summed E-state index contributed by atoms with van der Waals surface area (Å²) in [6.07, 6.45) is 5.19. The average molecular weight is 261 g/mol. The van der Waals surface area contributed by atoms with Crippen molar-refractivity contribution in [2.45, 2.75) is 38.3 Å². The Bertz CT molecular complexity index is 435. The molecule has 0 aliphatic carbocycles. The molecule has 2 aliphatic rings. The summed E-state index contributed by atoms with van der Waals surface area (Å²) in [4.78, 5) is 9.52. The zero-order chi connectivity index (χ0) is 13.2. The molecule has 4 nitrogen and oxygen atoms in total. The lowest BCUT2D eigenvalue weighted by Gasteiger charge is -2.28. The van der Waals surface area contributed by atoms with Crippen LogP contribution < -0.4 is 4.90 Å². The van der Waals surface area contributed by atoms with Gasteiger partial charge >= 0.3 is 0 Å². The maximum absolute atomic E-state index is 9.92. The maximum Gasteiger partial charge on any atom is 0.134 e. The van der Waals surface area contributed by atoms with Crippen molar-refractivity contribution in [3.63, 3.8) is 0 Å². The first-order valence-corrected chi connectivity index (χ1v) is 7.37. The molecule has 0 spiro atoms. The molecule has 3 heterocycles. The molecule has 1 aromatic heterocycles. The molecule has 0 saturated carbocycles. The first-order valence-electron chi connectivity index (χ1n) is 7.37. The van der Waals surface area contributed by atoms with Crippen LogP contribution in [0.3, 0.4) is 0 Å². The first-order chi connectivity index (χ1) is 9.25. The van der Waals surface area contributed by atoms with Gasteiger partial charge < -0.3 is 10.0 Å². The van der Waals surface area contributed by atoms with Crippen LogP contribution in [0.15, 0.2) is 18.3 Å². The van der Waals surface area contributed by atoms with E-state index in [1.165, 1.54) is 32.4 Å². The van der Waals surface area contributed by atoms with Crippen LogP contribution in [0.2, 0.25) is 0 Å². The predicted octanol–water partition coefficient (Wildman–Crippen LogP) is 1.81. The lowest BCUT2D eigenvalue weighted by Crippen LogP contribution is -2.37. The molecule has 19 heavy (non-hydrogen) atoms. The van der Waals surface area contributed by atoms with E-state index in [2.05, 4.69) is 14.8 Å². The van der Waals surface area contributed by atoms with Crippen LogP contribution in [0.1, 0.15) is 37.9 Å². The van der Waals surface area contributed by atoms with Crippen LogP contribution in [-0.4, -0.2) is 47.2 Å². The van der Waals surface area contributed by atoms with Crippen LogP contribution in [0.4, 0.5) is 5.82 Å². The Morgan fingerprint density at radius 2 is 2.16 bits per heavy atom. The van der Waals surface area contributed by atoms with E-state index in [0.717, 1.165) is 24.5 Å². The zero-order valence-corrected chi connectivity index (χ0v) is 11.6. The van der Waals surface area contributed by atoms with Crippen LogP contribution in [0, 0.1) is 0 Å². The van der Waals surface area contributed by atoms with Crippen LogP contribution >= 0.6 is 0 Å². The third kappa shape index (κ3) is 2.60. The van der Waals surface area contributed by atoms with Gasteiger partial charge in [-0.3, -0.25) is 4.90 Å². The highest BCUT2D eigenvalue weighted by molar-refractivity contribution is 5.48. The number of rotatable bonds is 2. The number of aromatic nitrogens is 1. The zero-order valence-electron chi connectivity index (χ0n) is 11.6. The van der Waals surface area contributed by atoms with Gasteiger partial charge in [-0.15, -0.1) is 0 Å². The molecule has 104 valence electrons. The van der Waals surface area contributed by atoms with Crippen LogP contribution in [0.25, 0.3) is 0 Å². The second-order valence-corrected chi connectivity index (χ2v) is 5.72. The van der Waals surface area contributed by atoms with E-state index in [4.69, 9.17) is 0 Å². The molecule has 0 radical (unpaired) electrons. The Hall–Kier alpha value is -1.13. The minimum atomic E-state index is -0.452. The fourth-order valence-corrected chi connectivity index (χ4v) is 3.40. The van der Waals surface area contributed by atoms with E-state index >= 15 is 0 Å². The van der Waals surface area contributed by atoms with Gasteiger partial charge in [0.15, 0.2) is 0 Å². The molecular formula is C15H23N3O. The maximum atomic E-state index is 9.92. The fraction of sp³-hybridized carbons (Fsp3) is 0.667. The van der Waals surface area contributed by atoms with E-state index in [1.54, 1.807) is 0 Å². The molecule has 4 heteroatoms. The standard InChI is InChI=1S/C15H23N3O/c1-12(19)14-6-2-7-16-15(14)18-10-4-9-17-8-3-5-13(17)11-18/h2,6-7,12-13,19H,3-5,8-11H2,1H3/t12-,13?/m0/s1. The van der Waals surface area contributed by atoms with Crippen molar-refractivity contribution in [3.8, 4) is 0 Å². The van der Waals surface area contributed by atoms with E-state index in [0.29, 0.717) is 6.04 Å². The number of hydrogen-bond acceptors (Lipinski definition) is 4. The number of anilines is 1. The van der Waals surface area contributed by atoms with Gasteiger partial charge in [-0.05, 0) is 38.8 Å². The molecule has 2 atom stereocenters. The van der Waals surface area contributed by atoms with Gasteiger partial charge in [0.25, 0.3) is 0 Å². The van der Waals surface area contributed by atoms with E-state index in [9.17, 15) is 5.11 Å². The fourth-order valence-electron chi connectivity index (χ4n) is 3.40. The van der Waals surface area contributed by atoms with Crippen molar-refractivity contribution in [2.24, 2.45) is 0 Å². The van der Waals surface area contributed by atoms with Crippen LogP contribution in [-0.2, 0) is 0 Å². The Kier molecular flexibility index (Phi) is 3.71. The second-order valence-electron chi connectivity index (χ2n) is 5.72. The summed E-state index contributed by atoms with van der Waals surface area (Å²) >= 11 is 0. The molecule has 1 unspecified atom stereocenters. The summed E-state index contributed by atoms with van der Waals surface area (Å²) in [5, 5.41) is 9.92. The van der Waals surface area contributed by atoms with Gasteiger partial charge in [0, 0.05) is 37.4 Å². The van der Waals surface area contributed by atoms with Crippen molar-refractivity contribution in [2.75, 3.05) is 31.1 Å². The number of hydrogen-bond donors (Lipinski definition) is 1. The SMILES string of the molecule is C[C@H](O)c1cccnc1N1CCCN2CCCC2C1. The third-order valence-electron chi connectivity index (χ3n) is 4.37. The predicted molar refractivity (Wildman–Crippen MR) is 76.3 cm³/mol. The molecule has 0 amide bonds. The number of pyridine rings is 1. The summed E-state index contributed by atoms with van der Waals surface area (Å²) < 4.78 is 0. The highest BCUT2D eigenvalue weighted by Gasteiger charge is 2.30. The summed E-state index contributed by atoms with van der Waals surface area (Å²) in [6.45, 7) is 6.38. The van der Waals surface area contributed by atoms with E-state index in [1.807, 2.05) is 25.3 Å². The van der Waals surface area contributed by atoms with Crippen molar-refractivity contribution in [1.82, 2.24) is 9.88 Å². The summed E-state index contributed by atoms with van der Waals surface area (Å²) in [7, 11) is 0. The van der Waals surface area contributed by atoms with Gasteiger partial charge in [-0.2, -0.15) is 0 Å². The normalized spacial score (nSPS) is 26.0. The molecule has 1 N–H and O–H groups in total. The summed E-state index contributed by atoms with van der Waals surface area (Å²) in [5.74, 6) is 0.978. The first kappa shape index (κ1) is 12.9. The molecule has 1 aromatic rings. The quantitative estimate of drug-likeness (QED) is 0.881. The van der Waals surface area contributed by atoms with Crippen molar-refractivity contribution >= 4 is 5.82 Å². The van der Waals surface area contributed by atoms with Crippen molar-refractivity contribution < 1.29 is 5.11 Å². The highest BCUT2D eigenvalue weighted by Crippen LogP contribution is 2.28. The number of fused-ring (bicyclic) bond motifs is 1. The lowest BCUT2D eigenvalue weighted by molar-refractivity contribution is 0.199. The van der Waals surface area contributed by atoms with Gasteiger partial charge in [-0.1, -0.05) is 6.07 Å². The minimum Gasteiger partial charge on any atom is -0.389 e. The number of aliphatic hydroxyl groups is 1. The van der Waals surface area contributed by atoms with Crippen molar-refractivity contribution in [3.05, 3.63) is 23.9 Å². The monoisotopic (exact) mass is 261 g/mol. The number of aliphatic hydroxyl groups excluding tert-OH is 1. The Balaban J connectivity index is 1.85. The Labute approximate surface area is 115 Å². The van der Waals surface area contributed by atoms with Gasteiger partial charge in [-0.25, -0.2) is 4.98 Å². The second kappa shape index (κ2) is 5.47. The molecule has 2 aliphatic heterocycles. The van der Waals surface area contributed by atoms with Crippen molar-refractivity contribution in [1.29, 1.82) is 0 Å². The smallest absolute Gasteiger partial charge is 0.134 e. The van der Waals surface area contributed by atoms with Gasteiger partial charge in [0.2, 0.25) is 0 Å². The molecule has 2 fully saturated rings. The minimum absolute atomic E-state index is 0.452. The number of nitrogens with zero attached hydrogens (tertiary/aromatic N) is 3. The molecule has 0 bridgehead atoms. The van der Waals surface area contributed by atoms with Gasteiger partial charge in [0.05, 0.1) is 6.10 Å². The molecule has 0 aromatic carbocycles. The molecular weight excluding hydrogens is 238 g/mol.